The number of aliphatic hydroxyl groups is 3. The standard InChI is InChI=1S/C44H74O12S/c1-3-5-7-9-11-13-15-17-19-21-22-24-26-28-30-32-39(45)53-34-37(35-54-44-43(49)42(48)41(47)38(56-44)36-57(50,51)52)55-40(46)33-31-29-27-25-23-20-18-16-14-12-10-8-6-4-2/h5,7,9,11,13,15-19,37-38,41-44,47-49H,3-4,6,8,10,12,14,20-36H2,1-2H3,(H,50,51,52)/b7-5+,11-9+,15-13+,18-16+,19-17+/t37-,38-,41-,42?,43?,44+/m1/s1. The Balaban J connectivity index is 2.51. The van der Waals surface area contributed by atoms with E-state index in [1.807, 2.05) is 36.5 Å². The Labute approximate surface area is 343 Å². The van der Waals surface area contributed by atoms with Gasteiger partial charge in [-0.15, -0.1) is 0 Å². The minimum Gasteiger partial charge on any atom is -0.462 e. The van der Waals surface area contributed by atoms with Gasteiger partial charge in [0.15, 0.2) is 12.4 Å². The van der Waals surface area contributed by atoms with E-state index in [2.05, 4.69) is 38.2 Å². The lowest BCUT2D eigenvalue weighted by Gasteiger charge is -2.40. The number of hydrogen-bond donors (Lipinski definition) is 4. The summed E-state index contributed by atoms with van der Waals surface area (Å²) < 4.78 is 53.9. The maximum Gasteiger partial charge on any atom is 0.306 e. The van der Waals surface area contributed by atoms with E-state index in [1.165, 1.54) is 32.1 Å². The molecule has 1 saturated heterocycles. The molecule has 0 aromatic rings. The second kappa shape index (κ2) is 34.2. The van der Waals surface area contributed by atoms with Crippen molar-refractivity contribution in [1.29, 1.82) is 0 Å². The summed E-state index contributed by atoms with van der Waals surface area (Å²) in [5, 5.41) is 30.8. The fourth-order valence-electron chi connectivity index (χ4n) is 6.09. The van der Waals surface area contributed by atoms with Crippen LogP contribution >= 0.6 is 0 Å². The highest BCUT2D eigenvalue weighted by Gasteiger charge is 2.46. The van der Waals surface area contributed by atoms with Crippen molar-refractivity contribution in [2.75, 3.05) is 19.0 Å². The maximum absolute atomic E-state index is 12.8. The Morgan fingerprint density at radius 1 is 0.614 bits per heavy atom. The van der Waals surface area contributed by atoms with Gasteiger partial charge in [0, 0.05) is 12.8 Å². The van der Waals surface area contributed by atoms with Crippen LogP contribution in [0.25, 0.3) is 0 Å². The van der Waals surface area contributed by atoms with Gasteiger partial charge in [0.25, 0.3) is 10.1 Å². The quantitative estimate of drug-likeness (QED) is 0.0161. The van der Waals surface area contributed by atoms with E-state index in [1.54, 1.807) is 0 Å². The molecule has 13 heteroatoms. The number of carbonyl (C=O) groups is 2. The first-order chi connectivity index (χ1) is 27.5. The number of unbranched alkanes of at least 4 members (excludes halogenated alkanes) is 15. The lowest BCUT2D eigenvalue weighted by molar-refractivity contribution is -0.297. The van der Waals surface area contributed by atoms with Crippen LogP contribution in [0, 0.1) is 0 Å². The summed E-state index contributed by atoms with van der Waals surface area (Å²) in [5.74, 6) is -2.03. The summed E-state index contributed by atoms with van der Waals surface area (Å²) in [4.78, 5) is 25.3. The van der Waals surface area contributed by atoms with Gasteiger partial charge in [-0.2, -0.15) is 8.42 Å². The number of aliphatic hydroxyl groups excluding tert-OH is 3. The summed E-state index contributed by atoms with van der Waals surface area (Å²) in [6.45, 7) is 3.56. The second-order valence-electron chi connectivity index (χ2n) is 14.7. The molecule has 6 atom stereocenters. The zero-order valence-corrected chi connectivity index (χ0v) is 35.5. The van der Waals surface area contributed by atoms with Crippen molar-refractivity contribution in [3.05, 3.63) is 60.8 Å². The van der Waals surface area contributed by atoms with Crippen LogP contribution in [0.1, 0.15) is 149 Å². The van der Waals surface area contributed by atoms with E-state index < -0.39 is 71.2 Å². The fourth-order valence-corrected chi connectivity index (χ4v) is 6.78. The molecule has 4 N–H and O–H groups in total. The first kappa shape index (κ1) is 52.4. The van der Waals surface area contributed by atoms with Gasteiger partial charge in [-0.25, -0.2) is 0 Å². The summed E-state index contributed by atoms with van der Waals surface area (Å²) in [7, 11) is -4.61. The van der Waals surface area contributed by atoms with E-state index in [0.29, 0.717) is 12.8 Å². The molecule has 328 valence electrons. The first-order valence-corrected chi connectivity index (χ1v) is 23.0. The molecule has 0 aliphatic carbocycles. The monoisotopic (exact) mass is 826 g/mol. The second-order valence-corrected chi connectivity index (χ2v) is 16.2. The Bertz CT molecular complexity index is 1290. The van der Waals surface area contributed by atoms with Crippen molar-refractivity contribution in [2.24, 2.45) is 0 Å². The molecule has 12 nitrogen and oxygen atoms in total. The number of allylic oxidation sites excluding steroid dienone is 10. The number of ether oxygens (including phenoxy) is 4. The van der Waals surface area contributed by atoms with Gasteiger partial charge in [0.05, 0.1) is 6.61 Å². The molecule has 0 radical (unpaired) electrons. The van der Waals surface area contributed by atoms with Gasteiger partial charge >= 0.3 is 11.9 Å². The van der Waals surface area contributed by atoms with Crippen LogP contribution in [-0.2, 0) is 38.7 Å². The van der Waals surface area contributed by atoms with Crippen molar-refractivity contribution in [3.8, 4) is 0 Å². The van der Waals surface area contributed by atoms with Crippen molar-refractivity contribution in [3.63, 3.8) is 0 Å². The van der Waals surface area contributed by atoms with E-state index >= 15 is 0 Å². The van der Waals surface area contributed by atoms with Crippen LogP contribution in [0.3, 0.4) is 0 Å². The third kappa shape index (κ3) is 29.2. The molecule has 1 aliphatic rings. The molecular formula is C44H74O12S. The van der Waals surface area contributed by atoms with Gasteiger partial charge in [-0.1, -0.05) is 139 Å². The highest BCUT2D eigenvalue weighted by atomic mass is 32.2. The van der Waals surface area contributed by atoms with Gasteiger partial charge in [0.2, 0.25) is 0 Å². The average molecular weight is 827 g/mol. The van der Waals surface area contributed by atoms with Gasteiger partial charge in [-0.3, -0.25) is 14.1 Å². The molecule has 0 saturated carbocycles. The maximum atomic E-state index is 12.8. The molecular weight excluding hydrogens is 753 g/mol. The topological polar surface area (TPSA) is 186 Å². The number of rotatable bonds is 34. The van der Waals surface area contributed by atoms with E-state index in [4.69, 9.17) is 18.9 Å². The lowest BCUT2D eigenvalue weighted by Crippen LogP contribution is -2.60. The smallest absolute Gasteiger partial charge is 0.306 e. The number of carbonyl (C=O) groups excluding carboxylic acids is 2. The van der Waals surface area contributed by atoms with Crippen LogP contribution < -0.4 is 0 Å². The Morgan fingerprint density at radius 3 is 1.70 bits per heavy atom. The number of hydrogen-bond acceptors (Lipinski definition) is 11. The minimum absolute atomic E-state index is 0.146. The molecule has 1 fully saturated rings. The van der Waals surface area contributed by atoms with E-state index in [0.717, 1.165) is 77.0 Å². The van der Waals surface area contributed by atoms with Crippen molar-refractivity contribution in [1.82, 2.24) is 0 Å². The SMILES string of the molecule is CC/C=C/C=C/C=C/C=C/CCCCCCCC(=O)OC[C@H](CO[C@H]1O[C@H](CS(=O)(=O)O)[C@@H](O)C(O)C1O)OC(=O)CCCCCCC/C=C/CCCCCCC. The molecule has 2 unspecified atom stereocenters. The highest BCUT2D eigenvalue weighted by molar-refractivity contribution is 7.85. The molecule has 0 aromatic carbocycles. The van der Waals surface area contributed by atoms with Crippen molar-refractivity contribution in [2.45, 2.75) is 185 Å². The Hall–Kier alpha value is -2.65. The van der Waals surface area contributed by atoms with Crippen molar-refractivity contribution >= 4 is 22.1 Å². The lowest BCUT2D eigenvalue weighted by atomic mass is 10.00. The summed E-state index contributed by atoms with van der Waals surface area (Å²) in [5.41, 5.74) is 0. The molecule has 1 aliphatic heterocycles. The molecule has 1 rings (SSSR count). The highest BCUT2D eigenvalue weighted by Crippen LogP contribution is 2.24. The molecule has 0 bridgehead atoms. The van der Waals surface area contributed by atoms with E-state index in [-0.39, 0.29) is 19.4 Å². The molecule has 1 heterocycles. The molecule has 0 aromatic heterocycles. The van der Waals surface area contributed by atoms with Gasteiger partial charge in [-0.05, 0) is 57.8 Å². The predicted octanol–water partition coefficient (Wildman–Crippen LogP) is 8.17. The summed E-state index contributed by atoms with van der Waals surface area (Å²) >= 11 is 0. The minimum atomic E-state index is -4.61. The largest absolute Gasteiger partial charge is 0.462 e. The normalized spacial score (nSPS) is 21.1. The third-order valence-corrected chi connectivity index (χ3v) is 10.2. The van der Waals surface area contributed by atoms with Crippen molar-refractivity contribution < 1.29 is 56.8 Å². The zero-order valence-electron chi connectivity index (χ0n) is 34.7. The summed E-state index contributed by atoms with van der Waals surface area (Å²) in [6.07, 6.45) is 31.2. The Morgan fingerprint density at radius 2 is 1.12 bits per heavy atom. The van der Waals surface area contributed by atoms with Crippen LogP contribution in [0.2, 0.25) is 0 Å². The summed E-state index contributed by atoms with van der Waals surface area (Å²) in [6, 6.07) is 0. The van der Waals surface area contributed by atoms with Crippen LogP contribution in [-0.4, -0.2) is 96.0 Å². The molecule has 0 amide bonds. The number of esters is 2. The van der Waals surface area contributed by atoms with Gasteiger partial charge in [0.1, 0.15) is 36.8 Å². The zero-order chi connectivity index (χ0) is 42.0. The average Bonchev–Trinajstić information content (AvgIpc) is 3.17. The van der Waals surface area contributed by atoms with Gasteiger partial charge < -0.3 is 34.3 Å². The fraction of sp³-hybridized carbons (Fsp3) is 0.727. The first-order valence-electron chi connectivity index (χ1n) is 21.4. The molecule has 0 spiro atoms. The van der Waals surface area contributed by atoms with Crippen LogP contribution in [0.15, 0.2) is 60.8 Å². The van der Waals surface area contributed by atoms with Crippen LogP contribution in [0.5, 0.6) is 0 Å². The Kier molecular flexibility index (Phi) is 31.5. The molecule has 57 heavy (non-hydrogen) atoms. The predicted molar refractivity (Wildman–Crippen MR) is 224 cm³/mol. The van der Waals surface area contributed by atoms with E-state index in [9.17, 15) is 37.9 Å². The van der Waals surface area contributed by atoms with Crippen LogP contribution in [0.4, 0.5) is 0 Å². The third-order valence-electron chi connectivity index (χ3n) is 9.43.